The maximum absolute atomic E-state index is 12.9. The van der Waals surface area contributed by atoms with Gasteiger partial charge in [-0.1, -0.05) is 0 Å². The summed E-state index contributed by atoms with van der Waals surface area (Å²) in [6.07, 6.45) is 1.21. The second-order valence-corrected chi connectivity index (χ2v) is 9.56. The topological polar surface area (TPSA) is 146 Å². The van der Waals surface area contributed by atoms with Crippen molar-refractivity contribution in [3.8, 4) is 0 Å². The number of rotatable bonds is 5. The van der Waals surface area contributed by atoms with Crippen molar-refractivity contribution < 1.29 is 22.9 Å². The third kappa shape index (κ3) is 4.78. The van der Waals surface area contributed by atoms with Gasteiger partial charge in [-0.15, -0.1) is 0 Å². The zero-order valence-electron chi connectivity index (χ0n) is 17.6. The average molecular weight is 474 g/mol. The molecule has 0 unspecified atom stereocenters. The van der Waals surface area contributed by atoms with Crippen LogP contribution in [0.5, 0.6) is 0 Å². The summed E-state index contributed by atoms with van der Waals surface area (Å²) < 4.78 is 26.6. The van der Waals surface area contributed by atoms with Crippen LogP contribution in [0.15, 0.2) is 47.5 Å². The van der Waals surface area contributed by atoms with E-state index in [4.69, 9.17) is 0 Å². The molecule has 2 aliphatic heterocycles. The Bertz CT molecular complexity index is 1160. The number of carbonyl (C=O) groups excluding carboxylic acids is 2. The van der Waals surface area contributed by atoms with Gasteiger partial charge in [0.25, 0.3) is 11.6 Å². The molecule has 0 saturated carbocycles. The quantitative estimate of drug-likeness (QED) is 0.473. The maximum atomic E-state index is 12.9. The smallest absolute Gasteiger partial charge is 0.287 e. The zero-order chi connectivity index (χ0) is 23.6. The van der Waals surface area contributed by atoms with Crippen molar-refractivity contribution in [2.24, 2.45) is 0 Å². The summed E-state index contributed by atoms with van der Waals surface area (Å²) in [6.45, 7) is 2.12. The normalized spacial score (nSPS) is 17.5. The first-order valence-electron chi connectivity index (χ1n) is 10.3. The number of nitrogens with one attached hydrogen (secondary N) is 1. The number of benzene rings is 1. The predicted molar refractivity (Wildman–Crippen MR) is 117 cm³/mol. The van der Waals surface area contributed by atoms with Gasteiger partial charge in [-0.2, -0.15) is 4.31 Å². The SMILES string of the molecule is O=C1CN(S(=O)(=O)c2ccc(C(=O)N3CCN(c4ccc([N+](=O)[O-])cn4)CC3)cc2)CCN1. The lowest BCUT2D eigenvalue weighted by atomic mass is 10.2. The first-order chi connectivity index (χ1) is 15.8. The molecule has 0 bridgehead atoms. The molecule has 3 heterocycles. The maximum Gasteiger partial charge on any atom is 0.287 e. The molecule has 1 aromatic carbocycles. The molecule has 0 spiro atoms. The van der Waals surface area contributed by atoms with Gasteiger partial charge in [0.05, 0.1) is 16.4 Å². The van der Waals surface area contributed by atoms with Crippen molar-refractivity contribution in [3.05, 3.63) is 58.3 Å². The minimum Gasteiger partial charge on any atom is -0.354 e. The monoisotopic (exact) mass is 474 g/mol. The highest BCUT2D eigenvalue weighted by Gasteiger charge is 2.29. The predicted octanol–water partition coefficient (Wildman–Crippen LogP) is 0.0727. The molecule has 0 aliphatic carbocycles. The van der Waals surface area contributed by atoms with Gasteiger partial charge < -0.3 is 15.1 Å². The van der Waals surface area contributed by atoms with E-state index in [1.165, 1.54) is 36.5 Å². The largest absolute Gasteiger partial charge is 0.354 e. The van der Waals surface area contributed by atoms with E-state index in [1.807, 2.05) is 4.90 Å². The van der Waals surface area contributed by atoms with Gasteiger partial charge in [-0.05, 0) is 30.3 Å². The van der Waals surface area contributed by atoms with E-state index in [0.717, 1.165) is 4.31 Å². The van der Waals surface area contributed by atoms with E-state index in [1.54, 1.807) is 11.0 Å². The van der Waals surface area contributed by atoms with Crippen molar-refractivity contribution >= 4 is 33.3 Å². The second kappa shape index (κ2) is 9.11. The van der Waals surface area contributed by atoms with Gasteiger partial charge in [0.15, 0.2) is 0 Å². The molecule has 12 nitrogen and oxygen atoms in total. The van der Waals surface area contributed by atoms with Crippen LogP contribution in [-0.4, -0.2) is 85.2 Å². The number of amides is 2. The molecule has 2 aliphatic rings. The van der Waals surface area contributed by atoms with Gasteiger partial charge in [-0.25, -0.2) is 13.4 Å². The fourth-order valence-electron chi connectivity index (χ4n) is 3.73. The van der Waals surface area contributed by atoms with Crippen LogP contribution in [0, 0.1) is 10.1 Å². The summed E-state index contributed by atoms with van der Waals surface area (Å²) in [6, 6.07) is 8.69. The third-order valence-electron chi connectivity index (χ3n) is 5.58. The fourth-order valence-corrected chi connectivity index (χ4v) is 5.13. The summed E-state index contributed by atoms with van der Waals surface area (Å²) in [5, 5.41) is 13.4. The van der Waals surface area contributed by atoms with Crippen LogP contribution in [0.25, 0.3) is 0 Å². The van der Waals surface area contributed by atoms with Crippen molar-refractivity contribution in [1.29, 1.82) is 0 Å². The summed E-state index contributed by atoms with van der Waals surface area (Å²) in [5.74, 6) is 0.0425. The van der Waals surface area contributed by atoms with Crippen molar-refractivity contribution in [3.63, 3.8) is 0 Å². The average Bonchev–Trinajstić information content (AvgIpc) is 2.84. The zero-order valence-corrected chi connectivity index (χ0v) is 18.4. The van der Waals surface area contributed by atoms with E-state index in [2.05, 4.69) is 10.3 Å². The van der Waals surface area contributed by atoms with Crippen LogP contribution in [0.3, 0.4) is 0 Å². The number of anilines is 1. The molecule has 174 valence electrons. The lowest BCUT2D eigenvalue weighted by Gasteiger charge is -2.35. The molecule has 2 saturated heterocycles. The van der Waals surface area contributed by atoms with Gasteiger partial charge in [-0.3, -0.25) is 19.7 Å². The third-order valence-corrected chi connectivity index (χ3v) is 7.44. The van der Waals surface area contributed by atoms with Crippen LogP contribution < -0.4 is 10.2 Å². The molecule has 2 aromatic rings. The number of sulfonamides is 1. The number of nitrogens with zero attached hydrogens (tertiary/aromatic N) is 5. The number of piperazine rings is 2. The highest BCUT2D eigenvalue weighted by Crippen LogP contribution is 2.20. The molecule has 4 rings (SSSR count). The second-order valence-electron chi connectivity index (χ2n) is 7.62. The molecular formula is C20H22N6O6S. The Morgan fingerprint density at radius 1 is 1.03 bits per heavy atom. The summed E-state index contributed by atoms with van der Waals surface area (Å²) in [5.41, 5.74) is 0.286. The van der Waals surface area contributed by atoms with Gasteiger partial charge in [0.2, 0.25) is 15.9 Å². The van der Waals surface area contributed by atoms with Gasteiger partial charge >= 0.3 is 0 Å². The van der Waals surface area contributed by atoms with E-state index >= 15 is 0 Å². The molecule has 1 aromatic heterocycles. The Kier molecular flexibility index (Phi) is 6.24. The van der Waals surface area contributed by atoms with Crippen molar-refractivity contribution in [1.82, 2.24) is 19.5 Å². The molecule has 0 atom stereocenters. The summed E-state index contributed by atoms with van der Waals surface area (Å²) >= 11 is 0. The lowest BCUT2D eigenvalue weighted by molar-refractivity contribution is -0.385. The Balaban J connectivity index is 1.38. The minimum atomic E-state index is -3.82. The Morgan fingerprint density at radius 3 is 2.30 bits per heavy atom. The summed E-state index contributed by atoms with van der Waals surface area (Å²) in [7, 11) is -3.82. The molecule has 2 fully saturated rings. The van der Waals surface area contributed by atoms with Crippen LogP contribution in [0.2, 0.25) is 0 Å². The Morgan fingerprint density at radius 2 is 1.73 bits per heavy atom. The van der Waals surface area contributed by atoms with Crippen LogP contribution in [0.1, 0.15) is 10.4 Å². The Labute approximate surface area is 190 Å². The van der Waals surface area contributed by atoms with Crippen LogP contribution >= 0.6 is 0 Å². The molecular weight excluding hydrogens is 452 g/mol. The highest BCUT2D eigenvalue weighted by atomic mass is 32.2. The molecule has 13 heteroatoms. The van der Waals surface area contributed by atoms with Crippen molar-refractivity contribution in [2.45, 2.75) is 4.90 Å². The number of hydrogen-bond acceptors (Lipinski definition) is 8. The van der Waals surface area contributed by atoms with E-state index < -0.39 is 14.9 Å². The first kappa shape index (κ1) is 22.6. The number of hydrogen-bond donors (Lipinski definition) is 1. The standard InChI is InChI=1S/C20H22N6O6S/c27-19-14-25(8-7-21-19)33(31,32)17-4-1-15(2-5-17)20(28)24-11-9-23(10-12-24)18-6-3-16(13-22-18)26(29)30/h1-6,13H,7-12,14H2,(H,21,27). The molecule has 0 radical (unpaired) electrons. The minimum absolute atomic E-state index is 0.0304. The van der Waals surface area contributed by atoms with Crippen LogP contribution in [0.4, 0.5) is 11.5 Å². The van der Waals surface area contributed by atoms with E-state index in [0.29, 0.717) is 37.6 Å². The highest BCUT2D eigenvalue weighted by molar-refractivity contribution is 7.89. The Hall–Kier alpha value is -3.58. The van der Waals surface area contributed by atoms with Gasteiger partial charge in [0.1, 0.15) is 12.0 Å². The van der Waals surface area contributed by atoms with E-state index in [-0.39, 0.29) is 42.0 Å². The number of pyridine rings is 1. The molecule has 33 heavy (non-hydrogen) atoms. The number of aromatic nitrogens is 1. The fraction of sp³-hybridized carbons (Fsp3) is 0.350. The first-order valence-corrected chi connectivity index (χ1v) is 11.7. The van der Waals surface area contributed by atoms with Crippen molar-refractivity contribution in [2.75, 3.05) is 50.7 Å². The van der Waals surface area contributed by atoms with Crippen LogP contribution in [-0.2, 0) is 14.8 Å². The lowest BCUT2D eigenvalue weighted by Crippen LogP contribution is -2.49. The molecule has 1 N–H and O–H groups in total. The number of nitro groups is 1. The van der Waals surface area contributed by atoms with E-state index in [9.17, 15) is 28.1 Å². The number of carbonyl (C=O) groups is 2. The molecule has 2 amide bonds. The van der Waals surface area contributed by atoms with Gasteiger partial charge in [0, 0.05) is 50.9 Å². The summed E-state index contributed by atoms with van der Waals surface area (Å²) in [4.78, 5) is 42.4.